The Labute approximate surface area is 129 Å². The normalized spacial score (nSPS) is 17.4. The lowest BCUT2D eigenvalue weighted by molar-refractivity contribution is -0.117. The van der Waals surface area contributed by atoms with Crippen molar-refractivity contribution in [1.82, 2.24) is 5.32 Å². The zero-order valence-electron chi connectivity index (χ0n) is 12.1. The predicted molar refractivity (Wildman–Crippen MR) is 86.7 cm³/mol. The Morgan fingerprint density at radius 1 is 1.45 bits per heavy atom. The second kappa shape index (κ2) is 6.83. The van der Waals surface area contributed by atoms with Crippen molar-refractivity contribution < 1.29 is 4.79 Å². The van der Waals surface area contributed by atoms with Crippen LogP contribution in [-0.4, -0.2) is 18.2 Å². The first-order chi connectivity index (χ1) is 9.52. The summed E-state index contributed by atoms with van der Waals surface area (Å²) in [5, 5.41) is 6.84. The molecule has 1 aromatic rings. The van der Waals surface area contributed by atoms with Crippen LogP contribution in [0, 0.1) is 5.92 Å². The molecule has 1 atom stereocenters. The standard InChI is InChI=1S/C15H21ClN2OS/c1-4-17-14-10-7-11(16)13(20-6-5-9(2)3)8-12(10)18-15(14)19/h7-9,14,17H,4-6H2,1-3H3,(H,18,19). The zero-order valence-corrected chi connectivity index (χ0v) is 13.7. The number of halogens is 1. The van der Waals surface area contributed by atoms with E-state index >= 15 is 0 Å². The third-order valence-electron chi connectivity index (χ3n) is 3.30. The van der Waals surface area contributed by atoms with Gasteiger partial charge in [-0.3, -0.25) is 4.79 Å². The van der Waals surface area contributed by atoms with Crippen LogP contribution in [0.4, 0.5) is 5.69 Å². The second-order valence-corrected chi connectivity index (χ2v) is 6.92. The summed E-state index contributed by atoms with van der Waals surface area (Å²) in [6, 6.07) is 3.64. The van der Waals surface area contributed by atoms with Crippen molar-refractivity contribution in [3.05, 3.63) is 22.7 Å². The summed E-state index contributed by atoms with van der Waals surface area (Å²) < 4.78 is 0. The molecule has 2 rings (SSSR count). The highest BCUT2D eigenvalue weighted by molar-refractivity contribution is 7.99. The van der Waals surface area contributed by atoms with Crippen molar-refractivity contribution in [2.24, 2.45) is 5.92 Å². The van der Waals surface area contributed by atoms with Gasteiger partial charge in [-0.05, 0) is 36.8 Å². The predicted octanol–water partition coefficient (Wildman–Crippen LogP) is 4.08. The number of anilines is 1. The molecule has 1 aromatic carbocycles. The fourth-order valence-corrected chi connectivity index (χ4v) is 3.73. The zero-order chi connectivity index (χ0) is 14.7. The SMILES string of the molecule is CCNC1C(=O)Nc2cc(SCCC(C)C)c(Cl)cc21. The molecule has 110 valence electrons. The van der Waals surface area contributed by atoms with Gasteiger partial charge in [-0.25, -0.2) is 0 Å². The Bertz CT molecular complexity index is 505. The van der Waals surface area contributed by atoms with E-state index in [1.54, 1.807) is 11.8 Å². The quantitative estimate of drug-likeness (QED) is 0.778. The Morgan fingerprint density at radius 3 is 2.85 bits per heavy atom. The van der Waals surface area contributed by atoms with Crippen molar-refractivity contribution in [2.45, 2.75) is 38.1 Å². The van der Waals surface area contributed by atoms with E-state index in [0.29, 0.717) is 5.92 Å². The van der Waals surface area contributed by atoms with Crippen LogP contribution in [-0.2, 0) is 4.79 Å². The van der Waals surface area contributed by atoms with Gasteiger partial charge in [-0.15, -0.1) is 11.8 Å². The minimum Gasteiger partial charge on any atom is -0.324 e. The number of likely N-dealkylation sites (N-methyl/N-ethyl adjacent to an activating group) is 1. The molecule has 0 fully saturated rings. The Kier molecular flexibility index (Phi) is 5.35. The highest BCUT2D eigenvalue weighted by atomic mass is 35.5. The Hall–Kier alpha value is -0.710. The lowest BCUT2D eigenvalue weighted by atomic mass is 10.1. The van der Waals surface area contributed by atoms with Crippen LogP contribution in [0.25, 0.3) is 0 Å². The molecule has 20 heavy (non-hydrogen) atoms. The van der Waals surface area contributed by atoms with Crippen LogP contribution in [0.2, 0.25) is 5.02 Å². The van der Waals surface area contributed by atoms with Crippen LogP contribution < -0.4 is 10.6 Å². The van der Waals surface area contributed by atoms with E-state index in [-0.39, 0.29) is 11.9 Å². The van der Waals surface area contributed by atoms with E-state index in [1.165, 1.54) is 0 Å². The molecule has 2 N–H and O–H groups in total. The molecule has 0 saturated carbocycles. The molecule has 0 radical (unpaired) electrons. The third kappa shape index (κ3) is 3.48. The molecule has 1 aliphatic heterocycles. The van der Waals surface area contributed by atoms with Gasteiger partial charge in [0, 0.05) is 16.1 Å². The van der Waals surface area contributed by atoms with Crippen LogP contribution in [0.5, 0.6) is 0 Å². The molecule has 1 aliphatic rings. The van der Waals surface area contributed by atoms with Crippen LogP contribution >= 0.6 is 23.4 Å². The van der Waals surface area contributed by atoms with Gasteiger partial charge in [0.1, 0.15) is 6.04 Å². The molecule has 1 unspecified atom stereocenters. The van der Waals surface area contributed by atoms with Crippen molar-refractivity contribution in [2.75, 3.05) is 17.6 Å². The Balaban J connectivity index is 2.15. The number of fused-ring (bicyclic) bond motifs is 1. The molecule has 0 aromatic heterocycles. The van der Waals surface area contributed by atoms with Crippen LogP contribution in [0.15, 0.2) is 17.0 Å². The lowest BCUT2D eigenvalue weighted by Crippen LogP contribution is -2.27. The van der Waals surface area contributed by atoms with Crippen molar-refractivity contribution in [1.29, 1.82) is 0 Å². The van der Waals surface area contributed by atoms with E-state index in [4.69, 9.17) is 11.6 Å². The number of benzene rings is 1. The number of carbonyl (C=O) groups excluding carboxylic acids is 1. The van der Waals surface area contributed by atoms with E-state index in [2.05, 4.69) is 24.5 Å². The summed E-state index contributed by atoms with van der Waals surface area (Å²) >= 11 is 8.10. The average Bonchev–Trinajstić information content (AvgIpc) is 2.66. The minimum absolute atomic E-state index is 0.00208. The van der Waals surface area contributed by atoms with E-state index in [9.17, 15) is 4.79 Å². The molecule has 0 bridgehead atoms. The summed E-state index contributed by atoms with van der Waals surface area (Å²) in [5.74, 6) is 1.73. The molecule has 5 heteroatoms. The molecule has 0 saturated heterocycles. The van der Waals surface area contributed by atoms with Gasteiger partial charge in [-0.1, -0.05) is 32.4 Å². The van der Waals surface area contributed by atoms with Crippen molar-refractivity contribution in [3.63, 3.8) is 0 Å². The highest BCUT2D eigenvalue weighted by Crippen LogP contribution is 2.39. The minimum atomic E-state index is -0.276. The van der Waals surface area contributed by atoms with Crippen molar-refractivity contribution >= 4 is 35.0 Å². The summed E-state index contributed by atoms with van der Waals surface area (Å²) in [5.41, 5.74) is 1.84. The second-order valence-electron chi connectivity index (χ2n) is 5.38. The smallest absolute Gasteiger partial charge is 0.246 e. The summed E-state index contributed by atoms with van der Waals surface area (Å²) in [6.45, 7) is 7.17. The number of thioether (sulfide) groups is 1. The first kappa shape index (κ1) is 15.7. The Morgan fingerprint density at radius 2 is 2.20 bits per heavy atom. The van der Waals surface area contributed by atoms with Gasteiger partial charge in [0.2, 0.25) is 5.91 Å². The molecule has 1 amide bonds. The van der Waals surface area contributed by atoms with Gasteiger partial charge in [0.25, 0.3) is 0 Å². The highest BCUT2D eigenvalue weighted by Gasteiger charge is 2.30. The van der Waals surface area contributed by atoms with E-state index in [1.807, 2.05) is 19.1 Å². The number of amides is 1. The third-order valence-corrected chi connectivity index (χ3v) is 4.81. The molecular weight excluding hydrogens is 292 g/mol. The van der Waals surface area contributed by atoms with E-state index < -0.39 is 0 Å². The van der Waals surface area contributed by atoms with Gasteiger partial charge >= 0.3 is 0 Å². The lowest BCUT2D eigenvalue weighted by Gasteiger charge is -2.11. The maximum atomic E-state index is 11.9. The van der Waals surface area contributed by atoms with Gasteiger partial charge in [0.05, 0.1) is 5.02 Å². The fraction of sp³-hybridized carbons (Fsp3) is 0.533. The largest absolute Gasteiger partial charge is 0.324 e. The summed E-state index contributed by atoms with van der Waals surface area (Å²) in [4.78, 5) is 13.0. The van der Waals surface area contributed by atoms with Gasteiger partial charge < -0.3 is 10.6 Å². The number of hydrogen-bond donors (Lipinski definition) is 2. The maximum Gasteiger partial charge on any atom is 0.246 e. The molecule has 0 spiro atoms. The van der Waals surface area contributed by atoms with Crippen molar-refractivity contribution in [3.8, 4) is 0 Å². The number of hydrogen-bond acceptors (Lipinski definition) is 3. The first-order valence-corrected chi connectivity index (χ1v) is 8.39. The number of rotatable bonds is 6. The maximum absolute atomic E-state index is 11.9. The van der Waals surface area contributed by atoms with Crippen LogP contribution in [0.3, 0.4) is 0 Å². The summed E-state index contributed by atoms with van der Waals surface area (Å²) in [6.07, 6.45) is 1.16. The first-order valence-electron chi connectivity index (χ1n) is 7.03. The van der Waals surface area contributed by atoms with Gasteiger partial charge in [0.15, 0.2) is 0 Å². The number of carbonyl (C=O) groups is 1. The average molecular weight is 313 g/mol. The van der Waals surface area contributed by atoms with Crippen LogP contribution in [0.1, 0.15) is 38.8 Å². The monoisotopic (exact) mass is 312 g/mol. The van der Waals surface area contributed by atoms with Gasteiger partial charge in [-0.2, -0.15) is 0 Å². The molecule has 0 aliphatic carbocycles. The summed E-state index contributed by atoms with van der Waals surface area (Å²) in [7, 11) is 0. The molecular formula is C15H21ClN2OS. The fourth-order valence-electron chi connectivity index (χ4n) is 2.18. The molecule has 1 heterocycles. The topological polar surface area (TPSA) is 41.1 Å². The number of nitrogens with one attached hydrogen (secondary N) is 2. The molecule has 3 nitrogen and oxygen atoms in total. The van der Waals surface area contributed by atoms with E-state index in [0.717, 1.165) is 39.9 Å².